The standard InChI is InChI=1S/C10H9FN4O2/c11-8-3-1-7(2-4-8)5-9-12-14-15(13-9)6-10(16)17/h1-4H,5-6H2,(H,16,17). The molecule has 0 aliphatic rings. The monoisotopic (exact) mass is 236 g/mol. The number of carbonyl (C=O) groups is 1. The van der Waals surface area contributed by atoms with Gasteiger partial charge in [-0.15, -0.1) is 10.2 Å². The zero-order chi connectivity index (χ0) is 12.3. The summed E-state index contributed by atoms with van der Waals surface area (Å²) in [6.07, 6.45) is 0.389. The van der Waals surface area contributed by atoms with Crippen molar-refractivity contribution in [2.24, 2.45) is 0 Å². The third-order valence-electron chi connectivity index (χ3n) is 2.05. The van der Waals surface area contributed by atoms with E-state index in [2.05, 4.69) is 15.4 Å². The number of carboxylic acid groups (broad SMARTS) is 1. The molecule has 2 rings (SSSR count). The van der Waals surface area contributed by atoms with Crippen molar-refractivity contribution < 1.29 is 14.3 Å². The highest BCUT2D eigenvalue weighted by Crippen LogP contribution is 2.06. The molecular weight excluding hydrogens is 227 g/mol. The van der Waals surface area contributed by atoms with Crippen molar-refractivity contribution in [2.75, 3.05) is 0 Å². The molecule has 0 unspecified atom stereocenters. The van der Waals surface area contributed by atoms with Gasteiger partial charge in [0.1, 0.15) is 5.82 Å². The molecule has 0 bridgehead atoms. The number of benzene rings is 1. The van der Waals surface area contributed by atoms with Crippen molar-refractivity contribution in [3.8, 4) is 0 Å². The van der Waals surface area contributed by atoms with E-state index in [-0.39, 0.29) is 12.4 Å². The van der Waals surface area contributed by atoms with Crippen LogP contribution in [0.5, 0.6) is 0 Å². The summed E-state index contributed by atoms with van der Waals surface area (Å²) in [4.78, 5) is 11.4. The van der Waals surface area contributed by atoms with Crippen molar-refractivity contribution in [2.45, 2.75) is 13.0 Å². The van der Waals surface area contributed by atoms with Gasteiger partial charge >= 0.3 is 5.97 Å². The number of aliphatic carboxylic acids is 1. The van der Waals surface area contributed by atoms with Crippen LogP contribution < -0.4 is 0 Å². The van der Waals surface area contributed by atoms with Crippen LogP contribution in [0.4, 0.5) is 4.39 Å². The number of aromatic nitrogens is 4. The van der Waals surface area contributed by atoms with Crippen LogP contribution in [-0.4, -0.2) is 31.3 Å². The van der Waals surface area contributed by atoms with Gasteiger partial charge in [-0.2, -0.15) is 4.80 Å². The molecule has 0 saturated heterocycles. The van der Waals surface area contributed by atoms with E-state index in [1.54, 1.807) is 12.1 Å². The summed E-state index contributed by atoms with van der Waals surface area (Å²) in [6.45, 7) is -0.323. The second kappa shape index (κ2) is 4.69. The summed E-state index contributed by atoms with van der Waals surface area (Å²) in [5.41, 5.74) is 0.835. The number of rotatable bonds is 4. The van der Waals surface area contributed by atoms with Crippen molar-refractivity contribution in [3.05, 3.63) is 41.5 Å². The molecule has 0 aliphatic carbocycles. The largest absolute Gasteiger partial charge is 0.480 e. The maximum absolute atomic E-state index is 12.7. The van der Waals surface area contributed by atoms with Crippen LogP contribution in [0.15, 0.2) is 24.3 Å². The average molecular weight is 236 g/mol. The Morgan fingerprint density at radius 3 is 2.71 bits per heavy atom. The van der Waals surface area contributed by atoms with Crippen LogP contribution in [-0.2, 0) is 17.8 Å². The lowest BCUT2D eigenvalue weighted by atomic mass is 10.1. The van der Waals surface area contributed by atoms with Gasteiger partial charge in [-0.3, -0.25) is 4.79 Å². The Hall–Kier alpha value is -2.31. The van der Waals surface area contributed by atoms with Gasteiger partial charge in [0, 0.05) is 6.42 Å². The van der Waals surface area contributed by atoms with Crippen molar-refractivity contribution in [3.63, 3.8) is 0 Å². The van der Waals surface area contributed by atoms with Crippen LogP contribution in [0.3, 0.4) is 0 Å². The fourth-order valence-corrected chi connectivity index (χ4v) is 1.32. The van der Waals surface area contributed by atoms with E-state index in [1.165, 1.54) is 12.1 Å². The van der Waals surface area contributed by atoms with E-state index in [0.717, 1.165) is 10.4 Å². The molecule has 1 aromatic carbocycles. The zero-order valence-corrected chi connectivity index (χ0v) is 8.75. The Bertz CT molecular complexity index is 523. The summed E-state index contributed by atoms with van der Waals surface area (Å²) in [5.74, 6) is -0.940. The molecule has 1 heterocycles. The average Bonchev–Trinajstić information content (AvgIpc) is 2.68. The minimum Gasteiger partial charge on any atom is -0.480 e. The second-order valence-electron chi connectivity index (χ2n) is 3.43. The van der Waals surface area contributed by atoms with Crippen molar-refractivity contribution in [1.82, 2.24) is 20.2 Å². The Morgan fingerprint density at radius 1 is 1.35 bits per heavy atom. The molecule has 0 fully saturated rings. The molecule has 1 N–H and O–H groups in total. The van der Waals surface area contributed by atoms with Gasteiger partial charge in [0.15, 0.2) is 12.4 Å². The Labute approximate surface area is 95.7 Å². The van der Waals surface area contributed by atoms with E-state index in [9.17, 15) is 9.18 Å². The molecule has 0 radical (unpaired) electrons. The SMILES string of the molecule is O=C(O)Cn1nnc(Cc2ccc(F)cc2)n1. The first-order valence-corrected chi connectivity index (χ1v) is 4.86. The summed E-state index contributed by atoms with van der Waals surface area (Å²) in [6, 6.07) is 5.93. The van der Waals surface area contributed by atoms with Gasteiger partial charge < -0.3 is 5.11 Å². The smallest absolute Gasteiger partial charge is 0.327 e. The quantitative estimate of drug-likeness (QED) is 0.835. The van der Waals surface area contributed by atoms with Crippen LogP contribution in [0.1, 0.15) is 11.4 Å². The van der Waals surface area contributed by atoms with Gasteiger partial charge in [0.25, 0.3) is 0 Å². The third kappa shape index (κ3) is 3.07. The molecule has 2 aromatic rings. The van der Waals surface area contributed by atoms with Crippen LogP contribution in [0.2, 0.25) is 0 Å². The highest BCUT2D eigenvalue weighted by Gasteiger charge is 2.06. The Morgan fingerprint density at radius 2 is 2.06 bits per heavy atom. The lowest BCUT2D eigenvalue weighted by Crippen LogP contribution is -2.11. The molecule has 0 amide bonds. The Balaban J connectivity index is 2.06. The van der Waals surface area contributed by atoms with E-state index in [4.69, 9.17) is 5.11 Å². The van der Waals surface area contributed by atoms with Crippen molar-refractivity contribution in [1.29, 1.82) is 0 Å². The highest BCUT2D eigenvalue weighted by atomic mass is 19.1. The molecule has 6 nitrogen and oxygen atoms in total. The lowest BCUT2D eigenvalue weighted by molar-refractivity contribution is -0.138. The molecular formula is C10H9FN4O2. The van der Waals surface area contributed by atoms with E-state index in [0.29, 0.717) is 12.2 Å². The summed E-state index contributed by atoms with van der Waals surface area (Å²) in [7, 11) is 0. The predicted molar refractivity (Wildman–Crippen MR) is 54.7 cm³/mol. The molecule has 7 heteroatoms. The van der Waals surface area contributed by atoms with Gasteiger partial charge in [-0.1, -0.05) is 12.1 Å². The summed E-state index contributed by atoms with van der Waals surface area (Å²) < 4.78 is 12.7. The number of nitrogens with zero attached hydrogens (tertiary/aromatic N) is 4. The van der Waals surface area contributed by atoms with Gasteiger partial charge in [-0.25, -0.2) is 4.39 Å². The van der Waals surface area contributed by atoms with Crippen LogP contribution in [0, 0.1) is 5.82 Å². The molecule has 1 aromatic heterocycles. The lowest BCUT2D eigenvalue weighted by Gasteiger charge is -1.95. The first kappa shape index (κ1) is 11.2. The number of hydrogen-bond acceptors (Lipinski definition) is 4. The molecule has 0 spiro atoms. The molecule has 0 saturated carbocycles. The minimum absolute atomic E-state index is 0.309. The number of halogens is 1. The summed E-state index contributed by atoms with van der Waals surface area (Å²) in [5, 5.41) is 19.7. The maximum Gasteiger partial charge on any atom is 0.327 e. The van der Waals surface area contributed by atoms with E-state index >= 15 is 0 Å². The van der Waals surface area contributed by atoms with Gasteiger partial charge in [0.05, 0.1) is 0 Å². The molecule has 88 valence electrons. The Kier molecular flexibility index (Phi) is 3.08. The minimum atomic E-state index is -1.03. The van der Waals surface area contributed by atoms with Crippen molar-refractivity contribution >= 4 is 5.97 Å². The first-order valence-electron chi connectivity index (χ1n) is 4.86. The predicted octanol–water partition coefficient (Wildman–Crippen LogP) is 0.488. The van der Waals surface area contributed by atoms with Crippen LogP contribution >= 0.6 is 0 Å². The normalized spacial score (nSPS) is 10.4. The van der Waals surface area contributed by atoms with Gasteiger partial charge in [-0.05, 0) is 22.9 Å². The van der Waals surface area contributed by atoms with E-state index in [1.807, 2.05) is 0 Å². The molecule has 0 aliphatic heterocycles. The molecule has 17 heavy (non-hydrogen) atoms. The van der Waals surface area contributed by atoms with Gasteiger partial charge in [0.2, 0.25) is 0 Å². The fraction of sp³-hybridized carbons (Fsp3) is 0.200. The maximum atomic E-state index is 12.7. The number of carboxylic acids is 1. The molecule has 0 atom stereocenters. The third-order valence-corrected chi connectivity index (χ3v) is 2.05. The first-order chi connectivity index (χ1) is 8.13. The second-order valence-corrected chi connectivity index (χ2v) is 3.43. The van der Waals surface area contributed by atoms with Crippen LogP contribution in [0.25, 0.3) is 0 Å². The number of tetrazole rings is 1. The zero-order valence-electron chi connectivity index (χ0n) is 8.75. The highest BCUT2D eigenvalue weighted by molar-refractivity contribution is 5.66. The fourth-order valence-electron chi connectivity index (χ4n) is 1.32. The topological polar surface area (TPSA) is 80.9 Å². The number of hydrogen-bond donors (Lipinski definition) is 1. The summed E-state index contributed by atoms with van der Waals surface area (Å²) >= 11 is 0. The van der Waals surface area contributed by atoms with E-state index < -0.39 is 5.97 Å².